The van der Waals surface area contributed by atoms with Crippen molar-refractivity contribution in [2.45, 2.75) is 32.2 Å². The number of anilines is 3. The average Bonchev–Trinajstić information content (AvgIpc) is 3.00. The molecule has 0 radical (unpaired) electrons. The Bertz CT molecular complexity index is 970. The minimum Gasteiger partial charge on any atom is -0.364 e. The van der Waals surface area contributed by atoms with Crippen LogP contribution in [0, 0.1) is 18.3 Å². The van der Waals surface area contributed by atoms with Gasteiger partial charge in [0.1, 0.15) is 17.5 Å². The second kappa shape index (κ2) is 4.96. The van der Waals surface area contributed by atoms with Crippen LogP contribution in [0.3, 0.4) is 0 Å². The summed E-state index contributed by atoms with van der Waals surface area (Å²) in [6, 6.07) is 2.19. The van der Waals surface area contributed by atoms with Gasteiger partial charge in [-0.25, -0.2) is 0 Å². The monoisotopic (exact) mass is 322 g/mol. The highest BCUT2D eigenvalue weighted by Crippen LogP contribution is 2.40. The van der Waals surface area contributed by atoms with Crippen LogP contribution in [0.5, 0.6) is 0 Å². The Balaban J connectivity index is 1.79. The Hall–Kier alpha value is -3.08. The highest BCUT2D eigenvalue weighted by atomic mass is 15.3. The lowest BCUT2D eigenvalue weighted by Crippen LogP contribution is -2.18. The van der Waals surface area contributed by atoms with Gasteiger partial charge in [-0.1, -0.05) is 0 Å². The van der Waals surface area contributed by atoms with Gasteiger partial charge in [-0.05, 0) is 26.7 Å². The number of aryl methyl sites for hydroxylation is 1. The third-order valence-electron chi connectivity index (χ3n) is 4.55. The second-order valence-electron chi connectivity index (χ2n) is 6.51. The van der Waals surface area contributed by atoms with Crippen molar-refractivity contribution in [2.75, 3.05) is 10.6 Å². The fourth-order valence-electron chi connectivity index (χ4n) is 2.61. The molecule has 0 spiro atoms. The quantitative estimate of drug-likeness (QED) is 0.681. The zero-order chi connectivity index (χ0) is 16.9. The summed E-state index contributed by atoms with van der Waals surface area (Å²) >= 11 is 0. The molecular weight excluding hydrogens is 304 g/mol. The van der Waals surface area contributed by atoms with Crippen molar-refractivity contribution in [3.05, 3.63) is 23.7 Å². The number of hydrogen-bond acceptors (Lipinski definition) is 6. The smallest absolute Gasteiger partial charge is 0.231 e. The van der Waals surface area contributed by atoms with E-state index in [0.29, 0.717) is 23.0 Å². The minimum atomic E-state index is 0.0484. The lowest BCUT2D eigenvalue weighted by Gasteiger charge is -2.14. The van der Waals surface area contributed by atoms with Gasteiger partial charge in [0, 0.05) is 18.8 Å². The Kier molecular flexibility index (Phi) is 3.00. The van der Waals surface area contributed by atoms with E-state index in [2.05, 4.69) is 43.7 Å². The molecular formula is C16H18N8. The molecule has 4 rings (SSSR count). The van der Waals surface area contributed by atoms with Crippen molar-refractivity contribution in [2.24, 2.45) is 7.05 Å². The molecule has 0 aliphatic heterocycles. The van der Waals surface area contributed by atoms with Crippen molar-refractivity contribution >= 4 is 28.5 Å². The topological polar surface area (TPSA) is 107 Å². The molecule has 0 atom stereocenters. The molecule has 8 nitrogen and oxygen atoms in total. The molecule has 3 aromatic rings. The third-order valence-corrected chi connectivity index (χ3v) is 4.55. The van der Waals surface area contributed by atoms with E-state index in [-0.39, 0.29) is 5.54 Å². The first-order valence-corrected chi connectivity index (χ1v) is 7.82. The number of aromatic nitrogens is 5. The summed E-state index contributed by atoms with van der Waals surface area (Å²) < 4.78 is 1.79. The minimum absolute atomic E-state index is 0.0484. The summed E-state index contributed by atoms with van der Waals surface area (Å²) in [5, 5.41) is 20.9. The van der Waals surface area contributed by atoms with Gasteiger partial charge < -0.3 is 15.6 Å². The van der Waals surface area contributed by atoms with Crippen molar-refractivity contribution < 1.29 is 0 Å². The lowest BCUT2D eigenvalue weighted by atomic mass is 10.2. The first kappa shape index (κ1) is 14.5. The molecule has 0 aromatic carbocycles. The molecule has 1 saturated carbocycles. The van der Waals surface area contributed by atoms with Crippen LogP contribution in [0.1, 0.15) is 31.0 Å². The molecule has 3 aromatic heterocycles. The molecule has 122 valence electrons. The molecule has 1 aliphatic carbocycles. The maximum Gasteiger partial charge on any atom is 0.231 e. The van der Waals surface area contributed by atoms with Gasteiger partial charge in [0.15, 0.2) is 0 Å². The number of rotatable bonds is 4. The van der Waals surface area contributed by atoms with E-state index >= 15 is 0 Å². The van der Waals surface area contributed by atoms with Crippen LogP contribution in [0.4, 0.5) is 17.5 Å². The van der Waals surface area contributed by atoms with Crippen LogP contribution in [-0.4, -0.2) is 30.3 Å². The van der Waals surface area contributed by atoms with E-state index in [1.54, 1.807) is 17.1 Å². The van der Waals surface area contributed by atoms with Crippen molar-refractivity contribution in [3.8, 4) is 6.07 Å². The molecule has 3 N–H and O–H groups in total. The van der Waals surface area contributed by atoms with Crippen molar-refractivity contribution in [1.29, 1.82) is 5.26 Å². The molecule has 1 fully saturated rings. The number of H-pyrrole nitrogens is 1. The SMILES string of the molecule is Cc1c(Nc2nc(NC3(C)CC3)c3c(C#N)c[nH]c3n2)cnn1C. The van der Waals surface area contributed by atoms with Gasteiger partial charge in [-0.15, -0.1) is 0 Å². The first-order chi connectivity index (χ1) is 11.5. The van der Waals surface area contributed by atoms with Gasteiger partial charge in [0.25, 0.3) is 0 Å². The van der Waals surface area contributed by atoms with Gasteiger partial charge in [-0.3, -0.25) is 4.68 Å². The Morgan fingerprint density at radius 2 is 2.17 bits per heavy atom. The number of nitriles is 1. The maximum atomic E-state index is 9.33. The predicted octanol–water partition coefficient (Wildman–Crippen LogP) is 2.58. The Morgan fingerprint density at radius 3 is 2.79 bits per heavy atom. The fourth-order valence-corrected chi connectivity index (χ4v) is 2.61. The Labute approximate surface area is 138 Å². The van der Waals surface area contributed by atoms with Crippen LogP contribution < -0.4 is 10.6 Å². The molecule has 24 heavy (non-hydrogen) atoms. The molecule has 0 unspecified atom stereocenters. The summed E-state index contributed by atoms with van der Waals surface area (Å²) in [7, 11) is 1.88. The summed E-state index contributed by atoms with van der Waals surface area (Å²) in [5.74, 6) is 1.15. The first-order valence-electron chi connectivity index (χ1n) is 7.82. The van der Waals surface area contributed by atoms with Crippen LogP contribution in [-0.2, 0) is 7.05 Å². The van der Waals surface area contributed by atoms with Crippen LogP contribution >= 0.6 is 0 Å². The van der Waals surface area contributed by atoms with E-state index in [1.807, 2.05) is 14.0 Å². The van der Waals surface area contributed by atoms with E-state index < -0.39 is 0 Å². The van der Waals surface area contributed by atoms with Gasteiger partial charge in [0.05, 0.1) is 28.5 Å². The third kappa shape index (κ3) is 2.34. The summed E-state index contributed by atoms with van der Waals surface area (Å²) in [5.41, 5.74) is 3.07. The van der Waals surface area contributed by atoms with Crippen LogP contribution in [0.25, 0.3) is 11.0 Å². The van der Waals surface area contributed by atoms with Gasteiger partial charge in [0.2, 0.25) is 5.95 Å². The van der Waals surface area contributed by atoms with Gasteiger partial charge in [-0.2, -0.15) is 20.3 Å². The number of nitrogens with one attached hydrogen (secondary N) is 3. The zero-order valence-corrected chi connectivity index (χ0v) is 13.8. The number of fused-ring (bicyclic) bond motifs is 1. The summed E-state index contributed by atoms with van der Waals surface area (Å²) in [6.07, 6.45) is 5.59. The lowest BCUT2D eigenvalue weighted by molar-refractivity contribution is 0.740. The second-order valence-corrected chi connectivity index (χ2v) is 6.51. The summed E-state index contributed by atoms with van der Waals surface area (Å²) in [6.45, 7) is 4.12. The maximum absolute atomic E-state index is 9.33. The molecule has 0 amide bonds. The van der Waals surface area contributed by atoms with E-state index in [4.69, 9.17) is 0 Å². The number of hydrogen-bond donors (Lipinski definition) is 3. The molecule has 0 saturated heterocycles. The van der Waals surface area contributed by atoms with E-state index in [1.165, 1.54) is 0 Å². The zero-order valence-electron chi connectivity index (χ0n) is 13.8. The van der Waals surface area contributed by atoms with E-state index in [9.17, 15) is 5.26 Å². The number of nitrogens with zero attached hydrogens (tertiary/aromatic N) is 5. The Morgan fingerprint density at radius 1 is 1.38 bits per heavy atom. The molecule has 3 heterocycles. The molecule has 1 aliphatic rings. The average molecular weight is 322 g/mol. The van der Waals surface area contributed by atoms with E-state index in [0.717, 1.165) is 29.6 Å². The predicted molar refractivity (Wildman–Crippen MR) is 91.1 cm³/mol. The summed E-state index contributed by atoms with van der Waals surface area (Å²) in [4.78, 5) is 12.2. The molecule has 8 heteroatoms. The fraction of sp³-hybridized carbons (Fsp3) is 0.375. The highest BCUT2D eigenvalue weighted by Gasteiger charge is 2.38. The largest absolute Gasteiger partial charge is 0.364 e. The highest BCUT2D eigenvalue weighted by molar-refractivity contribution is 5.94. The van der Waals surface area contributed by atoms with Gasteiger partial charge >= 0.3 is 0 Å². The number of aromatic amines is 1. The van der Waals surface area contributed by atoms with Crippen molar-refractivity contribution in [1.82, 2.24) is 24.7 Å². The van der Waals surface area contributed by atoms with Crippen molar-refractivity contribution in [3.63, 3.8) is 0 Å². The molecule has 0 bridgehead atoms. The normalized spacial score (nSPS) is 15.2. The van der Waals surface area contributed by atoms with Crippen LogP contribution in [0.15, 0.2) is 12.4 Å². The standard InChI is InChI=1S/C16H18N8/c1-9-11(8-19-24(9)3)20-15-21-13-12(10(6-17)7-18-13)14(22-15)23-16(2)4-5-16/h7-8H,4-5H2,1-3H3,(H3,18,20,21,22,23). The van der Waals surface area contributed by atoms with Crippen LogP contribution in [0.2, 0.25) is 0 Å².